The van der Waals surface area contributed by atoms with Crippen molar-refractivity contribution in [1.29, 1.82) is 0 Å². The van der Waals surface area contributed by atoms with Crippen LogP contribution in [-0.2, 0) is 19.6 Å². The molecular weight excluding hydrogens is 489 g/mol. The minimum atomic E-state index is 0.460. The summed E-state index contributed by atoms with van der Waals surface area (Å²) < 4.78 is 12.7. The molecule has 0 saturated carbocycles. The topological polar surface area (TPSA) is 30.8 Å². The van der Waals surface area contributed by atoms with Gasteiger partial charge in [0.25, 0.3) is 0 Å². The van der Waals surface area contributed by atoms with Crippen LogP contribution in [0.3, 0.4) is 0 Å². The molecule has 0 aliphatic carbocycles. The van der Waals surface area contributed by atoms with Crippen molar-refractivity contribution in [1.82, 2.24) is 0 Å². The Morgan fingerprint density at radius 2 is 1.44 bits per heavy atom. The normalized spacial score (nSPS) is 12.8. The van der Waals surface area contributed by atoms with Crippen molar-refractivity contribution in [2.45, 2.75) is 19.6 Å². The quantitative estimate of drug-likeness (QED) is 0.237. The van der Waals surface area contributed by atoms with Gasteiger partial charge in [0.1, 0.15) is 13.2 Å². The van der Waals surface area contributed by atoms with E-state index < -0.39 is 0 Å². The molecule has 0 fully saturated rings. The molecule has 1 aliphatic heterocycles. The molecule has 0 N–H and O–H groups in total. The monoisotopic (exact) mass is 513 g/mol. The summed E-state index contributed by atoms with van der Waals surface area (Å²) in [6, 6.07) is 29.8. The van der Waals surface area contributed by atoms with E-state index in [1.54, 1.807) is 6.07 Å². The molecule has 0 aromatic heterocycles. The average molecular weight is 514 g/mol. The predicted molar refractivity (Wildman–Crippen MR) is 149 cm³/mol. The molecule has 0 radical (unpaired) electrons. The molecule has 36 heavy (non-hydrogen) atoms. The van der Waals surface area contributed by atoms with Gasteiger partial charge in [-0.05, 0) is 53.5 Å². The van der Waals surface area contributed by atoms with Crippen LogP contribution in [-0.4, -0.2) is 12.3 Å². The van der Waals surface area contributed by atoms with E-state index in [0.717, 1.165) is 51.4 Å². The zero-order valence-electron chi connectivity index (χ0n) is 19.7. The van der Waals surface area contributed by atoms with Crippen LogP contribution >= 0.6 is 23.2 Å². The molecule has 180 valence electrons. The highest BCUT2D eigenvalue weighted by Gasteiger charge is 2.21. The Labute approximate surface area is 221 Å². The Hall–Kier alpha value is -3.53. The highest BCUT2D eigenvalue weighted by molar-refractivity contribution is 6.35. The molecule has 0 atom stereocenters. The van der Waals surface area contributed by atoms with Crippen molar-refractivity contribution in [3.63, 3.8) is 0 Å². The Balaban J connectivity index is 1.45. The highest BCUT2D eigenvalue weighted by Crippen LogP contribution is 2.37. The molecule has 0 amide bonds. The van der Waals surface area contributed by atoms with Gasteiger partial charge in [0, 0.05) is 27.7 Å². The lowest BCUT2D eigenvalue weighted by molar-refractivity contribution is 0.253. The van der Waals surface area contributed by atoms with Crippen LogP contribution in [0.1, 0.15) is 27.8 Å². The molecule has 5 heteroatoms. The van der Waals surface area contributed by atoms with Crippen LogP contribution in [0.15, 0.2) is 102 Å². The first-order chi connectivity index (χ1) is 17.7. The fourth-order valence-corrected chi connectivity index (χ4v) is 4.62. The molecule has 5 rings (SSSR count). The zero-order chi connectivity index (χ0) is 24.7. The lowest BCUT2D eigenvalue weighted by atomic mass is 9.95. The largest absolute Gasteiger partial charge is 0.485 e. The summed E-state index contributed by atoms with van der Waals surface area (Å²) in [5.74, 6) is 1.51. The number of fused-ring (bicyclic) bond motifs is 1. The van der Waals surface area contributed by atoms with E-state index in [9.17, 15) is 0 Å². The maximum atomic E-state index is 6.41. The van der Waals surface area contributed by atoms with E-state index in [1.165, 1.54) is 0 Å². The molecule has 0 unspecified atom stereocenters. The Kier molecular flexibility index (Phi) is 7.70. The molecule has 1 heterocycles. The van der Waals surface area contributed by atoms with E-state index in [1.807, 2.05) is 66.7 Å². The smallest absolute Gasteiger partial charge is 0.165 e. The molecule has 4 aromatic rings. The van der Waals surface area contributed by atoms with Gasteiger partial charge in [0.05, 0.1) is 5.71 Å². The second-order valence-corrected chi connectivity index (χ2v) is 9.33. The van der Waals surface area contributed by atoms with Gasteiger partial charge in [-0.2, -0.15) is 0 Å². The molecule has 0 spiro atoms. The Morgan fingerprint density at radius 3 is 2.14 bits per heavy atom. The summed E-state index contributed by atoms with van der Waals surface area (Å²) in [6.45, 7) is 1.60. The van der Waals surface area contributed by atoms with Crippen molar-refractivity contribution in [2.24, 2.45) is 4.99 Å². The SMILES string of the molecule is Clc1ccc(/C=C/C2=NCCc3c2ccc(OCc2ccccc2)c3OCc2ccccc2)c(Cl)c1. The number of hydrogen-bond acceptors (Lipinski definition) is 3. The van der Waals surface area contributed by atoms with E-state index in [4.69, 9.17) is 37.7 Å². The van der Waals surface area contributed by atoms with Gasteiger partial charge in [-0.15, -0.1) is 0 Å². The number of allylic oxidation sites excluding steroid dienone is 1. The first kappa shape index (κ1) is 24.2. The standard InChI is InChI=1S/C31H25Cl2NO2/c32-25-13-11-24(28(33)19-25)12-15-29-26-14-16-30(35-20-22-7-3-1-4-8-22)31(27(26)17-18-34-29)36-21-23-9-5-2-6-10-23/h1-16,19H,17-18,20-21H2/b15-12+. The van der Waals surface area contributed by atoms with Crippen LogP contribution in [0.25, 0.3) is 6.08 Å². The lowest BCUT2D eigenvalue weighted by Gasteiger charge is -2.22. The second kappa shape index (κ2) is 11.5. The number of hydrogen-bond donors (Lipinski definition) is 0. The van der Waals surface area contributed by atoms with Crippen LogP contribution in [0.5, 0.6) is 11.5 Å². The number of aliphatic imine (C=N–C) groups is 1. The predicted octanol–water partition coefficient (Wildman–Crippen LogP) is 8.21. The van der Waals surface area contributed by atoms with Gasteiger partial charge in [0.2, 0.25) is 0 Å². The second-order valence-electron chi connectivity index (χ2n) is 8.48. The van der Waals surface area contributed by atoms with Gasteiger partial charge in [-0.25, -0.2) is 0 Å². The van der Waals surface area contributed by atoms with Crippen LogP contribution < -0.4 is 9.47 Å². The summed E-state index contributed by atoms with van der Waals surface area (Å²) in [6.07, 6.45) is 4.75. The van der Waals surface area contributed by atoms with Crippen molar-refractivity contribution >= 4 is 35.0 Å². The Morgan fingerprint density at radius 1 is 0.750 bits per heavy atom. The van der Waals surface area contributed by atoms with Crippen LogP contribution in [0.2, 0.25) is 10.0 Å². The van der Waals surface area contributed by atoms with Crippen molar-refractivity contribution in [3.05, 3.63) is 135 Å². The number of halogens is 2. The minimum absolute atomic E-state index is 0.460. The van der Waals surface area contributed by atoms with E-state index >= 15 is 0 Å². The van der Waals surface area contributed by atoms with Crippen LogP contribution in [0, 0.1) is 0 Å². The maximum absolute atomic E-state index is 6.41. The van der Waals surface area contributed by atoms with Crippen molar-refractivity contribution in [2.75, 3.05) is 6.54 Å². The van der Waals surface area contributed by atoms with Crippen LogP contribution in [0.4, 0.5) is 0 Å². The summed E-state index contributed by atoms with van der Waals surface area (Å²) in [7, 11) is 0. The maximum Gasteiger partial charge on any atom is 0.165 e. The third kappa shape index (κ3) is 5.81. The lowest BCUT2D eigenvalue weighted by Crippen LogP contribution is -2.14. The first-order valence-electron chi connectivity index (χ1n) is 11.8. The van der Waals surface area contributed by atoms with E-state index in [2.05, 4.69) is 30.3 Å². The number of ether oxygens (including phenoxy) is 2. The van der Waals surface area contributed by atoms with Gasteiger partial charge >= 0.3 is 0 Å². The summed E-state index contributed by atoms with van der Waals surface area (Å²) in [5.41, 5.74) is 6.13. The van der Waals surface area contributed by atoms with Gasteiger partial charge in [0.15, 0.2) is 11.5 Å². The molecule has 0 saturated heterocycles. The molecular formula is C31H25Cl2NO2. The molecule has 0 bridgehead atoms. The zero-order valence-corrected chi connectivity index (χ0v) is 21.2. The van der Waals surface area contributed by atoms with Gasteiger partial charge in [-0.3, -0.25) is 4.99 Å². The van der Waals surface area contributed by atoms with Crippen molar-refractivity contribution in [3.8, 4) is 11.5 Å². The van der Waals surface area contributed by atoms with E-state index in [-0.39, 0.29) is 0 Å². The fraction of sp³-hybridized carbons (Fsp3) is 0.129. The third-order valence-electron chi connectivity index (χ3n) is 5.99. The summed E-state index contributed by atoms with van der Waals surface area (Å²) in [4.78, 5) is 4.78. The fourth-order valence-electron chi connectivity index (χ4n) is 4.15. The summed E-state index contributed by atoms with van der Waals surface area (Å²) in [5, 5.41) is 1.22. The van der Waals surface area contributed by atoms with E-state index in [0.29, 0.717) is 29.8 Å². The molecule has 3 nitrogen and oxygen atoms in total. The Bertz CT molecular complexity index is 1400. The number of rotatable bonds is 8. The summed E-state index contributed by atoms with van der Waals surface area (Å²) >= 11 is 12.4. The van der Waals surface area contributed by atoms with Crippen molar-refractivity contribution < 1.29 is 9.47 Å². The molecule has 4 aromatic carbocycles. The highest BCUT2D eigenvalue weighted by atomic mass is 35.5. The third-order valence-corrected chi connectivity index (χ3v) is 6.55. The minimum Gasteiger partial charge on any atom is -0.485 e. The van der Waals surface area contributed by atoms with Gasteiger partial charge in [-0.1, -0.05) is 96.0 Å². The first-order valence-corrected chi connectivity index (χ1v) is 12.6. The average Bonchev–Trinajstić information content (AvgIpc) is 2.91. The molecule has 1 aliphatic rings. The number of benzene rings is 4. The number of nitrogens with zero attached hydrogens (tertiary/aromatic N) is 1. The van der Waals surface area contributed by atoms with Gasteiger partial charge < -0.3 is 9.47 Å².